The molecule has 7 heteroatoms. The average Bonchev–Trinajstić information content (AvgIpc) is 3.15. The quantitative estimate of drug-likeness (QED) is 0.408. The van der Waals surface area contributed by atoms with Crippen molar-refractivity contribution in [1.29, 1.82) is 0 Å². The van der Waals surface area contributed by atoms with Gasteiger partial charge < -0.3 is 9.15 Å². The molecule has 1 aromatic carbocycles. The molecule has 4 rings (SSSR count). The molecule has 0 amide bonds. The standard InChI is InChI=1S/C19H16N2O4S/c1-11-5-15-13(7-18(23)25-16(15)6-12(11)2)10-24-17(22)8-14-9-21-3-4-26-19(21)20-14/h3-7,9H,8,10H2,1-2H3. The van der Waals surface area contributed by atoms with Crippen LogP contribution in [0.3, 0.4) is 0 Å². The summed E-state index contributed by atoms with van der Waals surface area (Å²) < 4.78 is 12.5. The molecule has 0 aliphatic heterocycles. The Balaban J connectivity index is 1.53. The molecule has 0 bridgehead atoms. The van der Waals surface area contributed by atoms with Crippen LogP contribution in [-0.4, -0.2) is 15.4 Å². The molecule has 4 aromatic rings. The van der Waals surface area contributed by atoms with Crippen molar-refractivity contribution in [3.8, 4) is 0 Å². The molecule has 0 saturated carbocycles. The van der Waals surface area contributed by atoms with Gasteiger partial charge in [-0.05, 0) is 37.1 Å². The molecule has 0 atom stereocenters. The van der Waals surface area contributed by atoms with E-state index in [1.807, 2.05) is 48.2 Å². The zero-order valence-corrected chi connectivity index (χ0v) is 15.1. The largest absolute Gasteiger partial charge is 0.460 e. The van der Waals surface area contributed by atoms with Crippen molar-refractivity contribution < 1.29 is 13.9 Å². The number of esters is 1. The van der Waals surface area contributed by atoms with Gasteiger partial charge in [0.2, 0.25) is 0 Å². The maximum atomic E-state index is 12.2. The van der Waals surface area contributed by atoms with Gasteiger partial charge in [0, 0.05) is 34.8 Å². The number of thiazole rings is 1. The molecule has 0 spiro atoms. The minimum absolute atomic E-state index is 0.0195. The van der Waals surface area contributed by atoms with Crippen molar-refractivity contribution in [2.45, 2.75) is 26.9 Å². The van der Waals surface area contributed by atoms with Gasteiger partial charge >= 0.3 is 11.6 Å². The molecule has 3 aromatic heterocycles. The van der Waals surface area contributed by atoms with Crippen LogP contribution in [0.15, 0.2) is 45.2 Å². The van der Waals surface area contributed by atoms with Gasteiger partial charge in [-0.2, -0.15) is 0 Å². The monoisotopic (exact) mass is 368 g/mol. The first kappa shape index (κ1) is 16.5. The highest BCUT2D eigenvalue weighted by atomic mass is 32.1. The fraction of sp³-hybridized carbons (Fsp3) is 0.211. The topological polar surface area (TPSA) is 73.8 Å². The van der Waals surface area contributed by atoms with Crippen LogP contribution >= 0.6 is 11.3 Å². The molecule has 0 saturated heterocycles. The number of benzene rings is 1. The van der Waals surface area contributed by atoms with E-state index in [2.05, 4.69) is 4.98 Å². The average molecular weight is 368 g/mol. The van der Waals surface area contributed by atoms with Gasteiger partial charge in [0.25, 0.3) is 0 Å². The molecule has 132 valence electrons. The Hall–Kier alpha value is -2.93. The van der Waals surface area contributed by atoms with Gasteiger partial charge in [-0.15, -0.1) is 11.3 Å². The number of rotatable bonds is 4. The second-order valence-electron chi connectivity index (χ2n) is 6.19. The predicted molar refractivity (Wildman–Crippen MR) is 98.5 cm³/mol. The summed E-state index contributed by atoms with van der Waals surface area (Å²) >= 11 is 1.51. The Labute approximate surface area is 152 Å². The van der Waals surface area contributed by atoms with Crippen LogP contribution in [0, 0.1) is 13.8 Å². The summed E-state index contributed by atoms with van der Waals surface area (Å²) in [6, 6.07) is 5.15. The van der Waals surface area contributed by atoms with Crippen molar-refractivity contribution in [3.05, 3.63) is 68.8 Å². The summed E-state index contributed by atoms with van der Waals surface area (Å²) in [6.45, 7) is 3.96. The van der Waals surface area contributed by atoms with Crippen molar-refractivity contribution in [2.75, 3.05) is 0 Å². The Morgan fingerprint density at radius 1 is 1.27 bits per heavy atom. The maximum Gasteiger partial charge on any atom is 0.336 e. The van der Waals surface area contributed by atoms with Crippen molar-refractivity contribution in [3.63, 3.8) is 0 Å². The number of carbonyl (C=O) groups excluding carboxylic acids is 1. The van der Waals surface area contributed by atoms with E-state index in [1.165, 1.54) is 17.4 Å². The Morgan fingerprint density at radius 3 is 2.88 bits per heavy atom. The number of hydrogen-bond acceptors (Lipinski definition) is 6. The number of carbonyl (C=O) groups is 1. The third-order valence-electron chi connectivity index (χ3n) is 4.30. The van der Waals surface area contributed by atoms with Gasteiger partial charge in [-0.25, -0.2) is 9.78 Å². The maximum absolute atomic E-state index is 12.2. The van der Waals surface area contributed by atoms with E-state index in [4.69, 9.17) is 9.15 Å². The molecule has 0 unspecified atom stereocenters. The van der Waals surface area contributed by atoms with Crippen LogP contribution in [0.4, 0.5) is 0 Å². The molecular weight excluding hydrogens is 352 g/mol. The summed E-state index contributed by atoms with van der Waals surface area (Å²) in [7, 11) is 0. The summed E-state index contributed by atoms with van der Waals surface area (Å²) in [5, 5.41) is 2.71. The third-order valence-corrected chi connectivity index (χ3v) is 5.07. The number of hydrogen-bond donors (Lipinski definition) is 0. The predicted octanol–water partition coefficient (Wildman–Crippen LogP) is 3.40. The fourth-order valence-electron chi connectivity index (χ4n) is 2.82. The van der Waals surface area contributed by atoms with Crippen LogP contribution in [0.25, 0.3) is 15.9 Å². The van der Waals surface area contributed by atoms with E-state index in [1.54, 1.807) is 0 Å². The van der Waals surface area contributed by atoms with Crippen LogP contribution < -0.4 is 5.63 Å². The van der Waals surface area contributed by atoms with E-state index in [0.29, 0.717) is 16.8 Å². The number of nitrogens with zero attached hydrogens (tertiary/aromatic N) is 2. The van der Waals surface area contributed by atoms with Gasteiger partial charge in [-0.3, -0.25) is 9.20 Å². The van der Waals surface area contributed by atoms with Crippen LogP contribution in [0.2, 0.25) is 0 Å². The molecule has 26 heavy (non-hydrogen) atoms. The normalized spacial score (nSPS) is 11.3. The van der Waals surface area contributed by atoms with Crippen molar-refractivity contribution >= 4 is 33.2 Å². The fourth-order valence-corrected chi connectivity index (χ4v) is 3.54. The van der Waals surface area contributed by atoms with E-state index in [0.717, 1.165) is 21.5 Å². The van der Waals surface area contributed by atoms with Crippen LogP contribution in [0.5, 0.6) is 0 Å². The van der Waals surface area contributed by atoms with E-state index in [9.17, 15) is 9.59 Å². The molecule has 0 fully saturated rings. The number of aromatic nitrogens is 2. The molecule has 0 aliphatic carbocycles. The highest BCUT2D eigenvalue weighted by Gasteiger charge is 2.12. The van der Waals surface area contributed by atoms with Gasteiger partial charge in [0.1, 0.15) is 12.2 Å². The lowest BCUT2D eigenvalue weighted by Gasteiger charge is -2.09. The molecule has 0 radical (unpaired) electrons. The first-order valence-corrected chi connectivity index (χ1v) is 8.98. The molecule has 0 aliphatic rings. The SMILES string of the molecule is Cc1cc2oc(=O)cc(COC(=O)Cc3cn4ccsc4n3)c2cc1C. The minimum atomic E-state index is -0.457. The van der Waals surface area contributed by atoms with Gasteiger partial charge in [0.05, 0.1) is 12.1 Å². The van der Waals surface area contributed by atoms with E-state index in [-0.39, 0.29) is 19.0 Å². The molecule has 6 nitrogen and oxygen atoms in total. The van der Waals surface area contributed by atoms with Crippen molar-refractivity contribution in [1.82, 2.24) is 9.38 Å². The third kappa shape index (κ3) is 3.13. The summed E-state index contributed by atoms with van der Waals surface area (Å²) in [5.74, 6) is -0.388. The summed E-state index contributed by atoms with van der Waals surface area (Å²) in [4.78, 5) is 29.2. The Morgan fingerprint density at radius 2 is 2.08 bits per heavy atom. The lowest BCUT2D eigenvalue weighted by atomic mass is 10.0. The highest BCUT2D eigenvalue weighted by molar-refractivity contribution is 7.15. The first-order valence-electron chi connectivity index (χ1n) is 8.10. The van der Waals surface area contributed by atoms with E-state index < -0.39 is 5.63 Å². The number of aryl methyl sites for hydroxylation is 2. The molecule has 0 N–H and O–H groups in total. The van der Waals surface area contributed by atoms with Crippen LogP contribution in [-0.2, 0) is 22.6 Å². The first-order chi connectivity index (χ1) is 12.5. The highest BCUT2D eigenvalue weighted by Crippen LogP contribution is 2.22. The van der Waals surface area contributed by atoms with E-state index >= 15 is 0 Å². The number of ether oxygens (including phenoxy) is 1. The van der Waals surface area contributed by atoms with Crippen molar-refractivity contribution in [2.24, 2.45) is 0 Å². The Bertz CT molecular complexity index is 1160. The van der Waals surface area contributed by atoms with Crippen LogP contribution in [0.1, 0.15) is 22.4 Å². The van der Waals surface area contributed by atoms with Gasteiger partial charge in [0.15, 0.2) is 4.96 Å². The second-order valence-corrected chi connectivity index (χ2v) is 7.06. The summed E-state index contributed by atoms with van der Waals surface area (Å²) in [5.41, 5.74) is 3.46. The minimum Gasteiger partial charge on any atom is -0.460 e. The second kappa shape index (κ2) is 6.42. The zero-order chi connectivity index (χ0) is 18.3. The zero-order valence-electron chi connectivity index (χ0n) is 14.3. The molecular formula is C19H16N2O4S. The smallest absolute Gasteiger partial charge is 0.336 e. The lowest BCUT2D eigenvalue weighted by Crippen LogP contribution is -2.10. The molecule has 3 heterocycles. The lowest BCUT2D eigenvalue weighted by molar-refractivity contribution is -0.144. The number of fused-ring (bicyclic) bond motifs is 2. The Kier molecular flexibility index (Phi) is 4.08. The number of imidazole rings is 1. The summed E-state index contributed by atoms with van der Waals surface area (Å²) in [6.07, 6.45) is 3.79. The van der Waals surface area contributed by atoms with Gasteiger partial charge in [-0.1, -0.05) is 0 Å².